The summed E-state index contributed by atoms with van der Waals surface area (Å²) in [4.78, 5) is 2.49. The molecule has 2 heteroatoms. The monoisotopic (exact) mass is 276 g/mol. The van der Waals surface area contributed by atoms with Crippen LogP contribution < -0.4 is 10.2 Å². The molecule has 0 fully saturated rings. The molecule has 1 aromatic rings. The van der Waals surface area contributed by atoms with E-state index in [1.165, 1.54) is 36.2 Å². The predicted molar refractivity (Wildman–Crippen MR) is 90.5 cm³/mol. The molecule has 0 bridgehead atoms. The molecule has 1 N–H and O–H groups in total. The minimum atomic E-state index is 0.708. The first kappa shape index (κ1) is 17.0. The Morgan fingerprint density at radius 2 is 1.95 bits per heavy atom. The van der Waals surface area contributed by atoms with Crippen molar-refractivity contribution in [3.63, 3.8) is 0 Å². The maximum atomic E-state index is 3.51. The van der Waals surface area contributed by atoms with Crippen LogP contribution in [-0.4, -0.2) is 19.6 Å². The summed E-state index contributed by atoms with van der Waals surface area (Å²) < 4.78 is 0. The maximum Gasteiger partial charge on any atom is 0.0396 e. The number of rotatable bonds is 9. The van der Waals surface area contributed by atoms with Crippen molar-refractivity contribution < 1.29 is 0 Å². The highest BCUT2D eigenvalue weighted by molar-refractivity contribution is 5.54. The summed E-state index contributed by atoms with van der Waals surface area (Å²) in [5, 5.41) is 3.51. The fourth-order valence-corrected chi connectivity index (χ4v) is 2.49. The fraction of sp³-hybridized carbons (Fsp3) is 0.667. The largest absolute Gasteiger partial charge is 0.372 e. The van der Waals surface area contributed by atoms with E-state index in [1.807, 2.05) is 0 Å². The van der Waals surface area contributed by atoms with E-state index in [2.05, 4.69) is 63.0 Å². The summed E-state index contributed by atoms with van der Waals surface area (Å²) in [5.41, 5.74) is 4.18. The van der Waals surface area contributed by atoms with E-state index >= 15 is 0 Å². The van der Waals surface area contributed by atoms with E-state index in [-0.39, 0.29) is 0 Å². The predicted octanol–water partition coefficient (Wildman–Crippen LogP) is 4.37. The molecule has 0 atom stereocenters. The van der Waals surface area contributed by atoms with Crippen LogP contribution >= 0.6 is 0 Å². The lowest BCUT2D eigenvalue weighted by molar-refractivity contribution is 0.552. The molecule has 114 valence electrons. The highest BCUT2D eigenvalue weighted by atomic mass is 15.1. The molecule has 0 spiro atoms. The van der Waals surface area contributed by atoms with Gasteiger partial charge in [-0.25, -0.2) is 0 Å². The second-order valence-electron chi connectivity index (χ2n) is 6.08. The van der Waals surface area contributed by atoms with Gasteiger partial charge in [-0.15, -0.1) is 0 Å². The van der Waals surface area contributed by atoms with Crippen LogP contribution in [0.25, 0.3) is 0 Å². The summed E-state index contributed by atoms with van der Waals surface area (Å²) in [6, 6.07) is 6.89. The van der Waals surface area contributed by atoms with Crippen molar-refractivity contribution >= 4 is 5.69 Å². The Balaban J connectivity index is 2.66. The summed E-state index contributed by atoms with van der Waals surface area (Å²) >= 11 is 0. The van der Waals surface area contributed by atoms with E-state index in [4.69, 9.17) is 0 Å². The minimum Gasteiger partial charge on any atom is -0.372 e. The van der Waals surface area contributed by atoms with Gasteiger partial charge in [-0.1, -0.05) is 39.3 Å². The first-order chi connectivity index (χ1) is 9.58. The van der Waals surface area contributed by atoms with Crippen LogP contribution in [0.15, 0.2) is 18.2 Å². The van der Waals surface area contributed by atoms with E-state index in [9.17, 15) is 0 Å². The number of anilines is 1. The van der Waals surface area contributed by atoms with Gasteiger partial charge in [-0.05, 0) is 49.9 Å². The second kappa shape index (κ2) is 9.02. The third-order valence-electron chi connectivity index (χ3n) is 3.65. The van der Waals surface area contributed by atoms with Crippen molar-refractivity contribution in [1.29, 1.82) is 0 Å². The zero-order valence-electron chi connectivity index (χ0n) is 14.0. The van der Waals surface area contributed by atoms with Crippen LogP contribution in [-0.2, 0) is 6.54 Å². The summed E-state index contributed by atoms with van der Waals surface area (Å²) in [7, 11) is 0. The molecule has 0 unspecified atom stereocenters. The minimum absolute atomic E-state index is 0.708. The van der Waals surface area contributed by atoms with Gasteiger partial charge >= 0.3 is 0 Å². The summed E-state index contributed by atoms with van der Waals surface area (Å²) in [6.07, 6.45) is 2.53. The van der Waals surface area contributed by atoms with Gasteiger partial charge in [0.2, 0.25) is 0 Å². The number of hydrogen-bond donors (Lipinski definition) is 1. The molecule has 0 aromatic heterocycles. The van der Waals surface area contributed by atoms with Crippen LogP contribution in [0.1, 0.15) is 51.7 Å². The van der Waals surface area contributed by atoms with Crippen molar-refractivity contribution in [2.24, 2.45) is 5.92 Å². The third kappa shape index (κ3) is 5.54. The average Bonchev–Trinajstić information content (AvgIpc) is 2.41. The maximum absolute atomic E-state index is 3.51. The highest BCUT2D eigenvalue weighted by Gasteiger charge is 2.07. The first-order valence-corrected chi connectivity index (χ1v) is 8.13. The third-order valence-corrected chi connectivity index (χ3v) is 3.65. The van der Waals surface area contributed by atoms with Crippen molar-refractivity contribution in [3.8, 4) is 0 Å². The highest BCUT2D eigenvalue weighted by Crippen LogP contribution is 2.21. The summed E-state index contributed by atoms with van der Waals surface area (Å²) in [5.74, 6) is 0.708. The molecule has 0 aliphatic carbocycles. The molecule has 1 aromatic carbocycles. The van der Waals surface area contributed by atoms with E-state index in [0.717, 1.165) is 19.6 Å². The lowest BCUT2D eigenvalue weighted by Gasteiger charge is -2.25. The second-order valence-corrected chi connectivity index (χ2v) is 6.08. The zero-order chi connectivity index (χ0) is 15.0. The number of aryl methyl sites for hydroxylation is 1. The van der Waals surface area contributed by atoms with Crippen LogP contribution in [0.4, 0.5) is 5.69 Å². The Kier molecular flexibility index (Phi) is 7.68. The molecule has 0 aliphatic rings. The quantitative estimate of drug-likeness (QED) is 0.720. The smallest absolute Gasteiger partial charge is 0.0396 e. The van der Waals surface area contributed by atoms with Gasteiger partial charge in [-0.2, -0.15) is 0 Å². The van der Waals surface area contributed by atoms with E-state index in [0.29, 0.717) is 5.92 Å². The standard InChI is InChI=1S/C18H32N2/c1-6-8-11-20(7-2)18-10-9-17(12-16(18)5)14-19-13-15(3)4/h9-10,12,15,19H,6-8,11,13-14H2,1-5H3. The molecule has 0 radical (unpaired) electrons. The van der Waals surface area contributed by atoms with Gasteiger partial charge in [0.15, 0.2) is 0 Å². The van der Waals surface area contributed by atoms with Gasteiger partial charge in [-0.3, -0.25) is 0 Å². The normalized spacial score (nSPS) is 11.1. The Morgan fingerprint density at radius 1 is 1.20 bits per heavy atom. The van der Waals surface area contributed by atoms with Gasteiger partial charge in [0.05, 0.1) is 0 Å². The Bertz CT molecular complexity index is 385. The Labute approximate surface area is 125 Å². The van der Waals surface area contributed by atoms with E-state index in [1.54, 1.807) is 0 Å². The Morgan fingerprint density at radius 3 is 2.50 bits per heavy atom. The summed E-state index contributed by atoms with van der Waals surface area (Å²) in [6.45, 7) is 15.5. The van der Waals surface area contributed by atoms with Gasteiger partial charge < -0.3 is 10.2 Å². The van der Waals surface area contributed by atoms with Crippen molar-refractivity contribution in [3.05, 3.63) is 29.3 Å². The van der Waals surface area contributed by atoms with Crippen LogP contribution in [0.3, 0.4) is 0 Å². The van der Waals surface area contributed by atoms with E-state index < -0.39 is 0 Å². The number of benzene rings is 1. The van der Waals surface area contributed by atoms with Gasteiger partial charge in [0.1, 0.15) is 0 Å². The molecule has 20 heavy (non-hydrogen) atoms. The lowest BCUT2D eigenvalue weighted by Crippen LogP contribution is -2.25. The van der Waals surface area contributed by atoms with Crippen LogP contribution in [0.2, 0.25) is 0 Å². The molecule has 0 aliphatic heterocycles. The number of unbranched alkanes of at least 4 members (excludes halogenated alkanes) is 1. The van der Waals surface area contributed by atoms with Crippen molar-refractivity contribution in [1.82, 2.24) is 5.32 Å². The van der Waals surface area contributed by atoms with Gasteiger partial charge in [0, 0.05) is 25.3 Å². The van der Waals surface area contributed by atoms with Crippen LogP contribution in [0, 0.1) is 12.8 Å². The fourth-order valence-electron chi connectivity index (χ4n) is 2.49. The number of hydrogen-bond acceptors (Lipinski definition) is 2. The molecule has 0 heterocycles. The molecule has 0 saturated heterocycles. The van der Waals surface area contributed by atoms with Crippen molar-refractivity contribution in [2.75, 3.05) is 24.5 Å². The molecule has 0 amide bonds. The molecular weight excluding hydrogens is 244 g/mol. The number of nitrogens with zero attached hydrogens (tertiary/aromatic N) is 1. The SMILES string of the molecule is CCCCN(CC)c1ccc(CNCC(C)C)cc1C. The molecule has 1 rings (SSSR count). The molecule has 0 saturated carbocycles. The zero-order valence-corrected chi connectivity index (χ0v) is 14.0. The number of nitrogens with one attached hydrogen (secondary N) is 1. The molecular formula is C18H32N2. The van der Waals surface area contributed by atoms with Crippen LogP contribution in [0.5, 0.6) is 0 Å². The topological polar surface area (TPSA) is 15.3 Å². The van der Waals surface area contributed by atoms with Gasteiger partial charge in [0.25, 0.3) is 0 Å². The average molecular weight is 276 g/mol. The molecule has 2 nitrogen and oxygen atoms in total. The Hall–Kier alpha value is -1.02. The lowest BCUT2D eigenvalue weighted by atomic mass is 10.1. The van der Waals surface area contributed by atoms with Crippen molar-refractivity contribution in [2.45, 2.75) is 54.0 Å². The first-order valence-electron chi connectivity index (χ1n) is 8.13.